The van der Waals surface area contributed by atoms with Crippen molar-refractivity contribution in [3.8, 4) is 5.69 Å². The predicted octanol–water partition coefficient (Wildman–Crippen LogP) is 2.57. The summed E-state index contributed by atoms with van der Waals surface area (Å²) in [4.78, 5) is 49.4. The van der Waals surface area contributed by atoms with Crippen molar-refractivity contribution in [3.05, 3.63) is 88.2 Å². The highest BCUT2D eigenvalue weighted by Gasteiger charge is 2.24. The molecule has 0 saturated carbocycles. The lowest BCUT2D eigenvalue weighted by Crippen LogP contribution is -2.52. The molecule has 3 aromatic rings. The van der Waals surface area contributed by atoms with Crippen LogP contribution in [0.5, 0.6) is 0 Å². The number of carbonyl (C=O) groups is 4. The lowest BCUT2D eigenvalue weighted by Gasteiger charge is -2.18. The highest BCUT2D eigenvalue weighted by atomic mass is 35.5. The van der Waals surface area contributed by atoms with E-state index in [0.717, 1.165) is 11.4 Å². The van der Waals surface area contributed by atoms with Crippen molar-refractivity contribution in [2.75, 3.05) is 0 Å². The smallest absolute Gasteiger partial charge is 0.271 e. The van der Waals surface area contributed by atoms with E-state index in [-0.39, 0.29) is 18.4 Å². The molecule has 2 aromatic carbocycles. The first-order chi connectivity index (χ1) is 16.7. The molecular formula is C25H26ClN5O4. The van der Waals surface area contributed by atoms with Gasteiger partial charge in [0.25, 0.3) is 17.7 Å². The second-order valence-electron chi connectivity index (χ2n) is 7.94. The predicted molar refractivity (Wildman–Crippen MR) is 132 cm³/mol. The van der Waals surface area contributed by atoms with E-state index in [0.29, 0.717) is 16.3 Å². The van der Waals surface area contributed by atoms with Gasteiger partial charge in [-0.15, -0.1) is 0 Å². The number of nitrogens with one attached hydrogen (secondary N) is 3. The monoisotopic (exact) mass is 495 g/mol. The first kappa shape index (κ1) is 25.5. The second-order valence-corrected chi connectivity index (χ2v) is 8.37. The summed E-state index contributed by atoms with van der Waals surface area (Å²) in [6.07, 6.45) is -0.177. The zero-order chi connectivity index (χ0) is 25.5. The van der Waals surface area contributed by atoms with Crippen molar-refractivity contribution in [1.82, 2.24) is 20.7 Å². The fourth-order valence-electron chi connectivity index (χ4n) is 3.64. The molecule has 0 spiro atoms. The quantitative estimate of drug-likeness (QED) is 0.357. The Labute approximate surface area is 207 Å². The standard InChI is InChI=1S/C25H26ClN5O4/c1-15-14-20(16(2)31(15)19-6-4-3-5-7-19)24(34)29-30-25(35)21(12-13-22(27)32)28-23(33)17-8-10-18(26)11-9-17/h3-11,14,21H,12-13H2,1-2H3,(H2,27,32)(H,28,33)(H,29,34)(H,30,35). The molecule has 0 bridgehead atoms. The Bertz CT molecular complexity index is 1240. The minimum absolute atomic E-state index is 0.0428. The van der Waals surface area contributed by atoms with Crippen molar-refractivity contribution in [3.63, 3.8) is 0 Å². The van der Waals surface area contributed by atoms with E-state index in [4.69, 9.17) is 17.3 Å². The van der Waals surface area contributed by atoms with Gasteiger partial charge in [-0.2, -0.15) is 0 Å². The Hall–Kier alpha value is -4.11. The molecule has 3 rings (SSSR count). The molecule has 9 nitrogen and oxygen atoms in total. The van der Waals surface area contributed by atoms with E-state index in [9.17, 15) is 19.2 Å². The normalized spacial score (nSPS) is 11.4. The highest BCUT2D eigenvalue weighted by Crippen LogP contribution is 2.20. The van der Waals surface area contributed by atoms with Crippen LogP contribution in [0.2, 0.25) is 5.02 Å². The highest BCUT2D eigenvalue weighted by molar-refractivity contribution is 6.30. The van der Waals surface area contributed by atoms with Crippen molar-refractivity contribution >= 4 is 35.2 Å². The van der Waals surface area contributed by atoms with Crippen LogP contribution in [0.4, 0.5) is 0 Å². The molecule has 10 heteroatoms. The number of nitrogens with zero attached hydrogens (tertiary/aromatic N) is 1. The van der Waals surface area contributed by atoms with Crippen LogP contribution in [-0.2, 0) is 9.59 Å². The van der Waals surface area contributed by atoms with Crippen LogP contribution in [0, 0.1) is 13.8 Å². The Kier molecular flexibility index (Phi) is 8.27. The Morgan fingerprint density at radius 3 is 2.23 bits per heavy atom. The number of hydrogen-bond acceptors (Lipinski definition) is 4. The van der Waals surface area contributed by atoms with Crippen LogP contribution in [0.25, 0.3) is 5.69 Å². The van der Waals surface area contributed by atoms with Crippen LogP contribution in [0.3, 0.4) is 0 Å². The van der Waals surface area contributed by atoms with Gasteiger partial charge in [0.1, 0.15) is 6.04 Å². The number of benzene rings is 2. The summed E-state index contributed by atoms with van der Waals surface area (Å²) in [6.45, 7) is 3.68. The molecule has 1 unspecified atom stereocenters. The van der Waals surface area contributed by atoms with Gasteiger partial charge in [0, 0.05) is 34.1 Å². The largest absolute Gasteiger partial charge is 0.370 e. The van der Waals surface area contributed by atoms with Gasteiger partial charge in [-0.1, -0.05) is 29.8 Å². The Balaban J connectivity index is 1.69. The number of primary amides is 1. The van der Waals surface area contributed by atoms with Gasteiger partial charge in [0.2, 0.25) is 5.91 Å². The number of nitrogens with two attached hydrogens (primary N) is 1. The molecule has 0 aliphatic carbocycles. The topological polar surface area (TPSA) is 135 Å². The molecule has 0 fully saturated rings. The van der Waals surface area contributed by atoms with E-state index in [2.05, 4.69) is 16.2 Å². The summed E-state index contributed by atoms with van der Waals surface area (Å²) >= 11 is 5.85. The summed E-state index contributed by atoms with van der Waals surface area (Å²) in [5, 5.41) is 3.02. The number of halogens is 1. The lowest BCUT2D eigenvalue weighted by atomic mass is 10.1. The fraction of sp³-hybridized carbons (Fsp3) is 0.200. The maximum absolute atomic E-state index is 12.8. The van der Waals surface area contributed by atoms with Gasteiger partial charge in [-0.05, 0) is 62.7 Å². The summed E-state index contributed by atoms with van der Waals surface area (Å²) in [5.41, 5.74) is 13.0. The maximum Gasteiger partial charge on any atom is 0.271 e. The number of hydrazine groups is 1. The molecule has 5 N–H and O–H groups in total. The molecule has 0 saturated heterocycles. The molecular weight excluding hydrogens is 470 g/mol. The zero-order valence-electron chi connectivity index (χ0n) is 19.3. The zero-order valence-corrected chi connectivity index (χ0v) is 20.1. The molecule has 4 amide bonds. The van der Waals surface area contributed by atoms with Gasteiger partial charge in [0.05, 0.1) is 5.56 Å². The van der Waals surface area contributed by atoms with Gasteiger partial charge in [0.15, 0.2) is 0 Å². The van der Waals surface area contributed by atoms with Crippen LogP contribution >= 0.6 is 11.6 Å². The molecule has 182 valence electrons. The number of hydrogen-bond donors (Lipinski definition) is 4. The van der Waals surface area contributed by atoms with Crippen LogP contribution in [0.1, 0.15) is 44.9 Å². The summed E-state index contributed by atoms with van der Waals surface area (Å²) in [7, 11) is 0. The number of aromatic nitrogens is 1. The minimum atomic E-state index is -1.11. The number of carbonyl (C=O) groups excluding carboxylic acids is 4. The van der Waals surface area contributed by atoms with E-state index >= 15 is 0 Å². The van der Waals surface area contributed by atoms with E-state index in [1.165, 1.54) is 12.1 Å². The summed E-state index contributed by atoms with van der Waals surface area (Å²) in [6, 6.07) is 16.3. The SMILES string of the molecule is Cc1cc(C(=O)NNC(=O)C(CCC(N)=O)NC(=O)c2ccc(Cl)cc2)c(C)n1-c1ccccc1. The van der Waals surface area contributed by atoms with E-state index in [1.54, 1.807) is 25.1 Å². The first-order valence-electron chi connectivity index (χ1n) is 10.9. The number of rotatable bonds is 8. The lowest BCUT2D eigenvalue weighted by molar-refractivity contribution is -0.124. The molecule has 35 heavy (non-hydrogen) atoms. The molecule has 1 aromatic heterocycles. The van der Waals surface area contributed by atoms with E-state index < -0.39 is 29.7 Å². The number of para-hydroxylation sites is 1. The van der Waals surface area contributed by atoms with Gasteiger partial charge < -0.3 is 15.6 Å². The molecule has 0 aliphatic heterocycles. The Morgan fingerprint density at radius 1 is 0.943 bits per heavy atom. The van der Waals surface area contributed by atoms with E-state index in [1.807, 2.05) is 41.8 Å². The average molecular weight is 496 g/mol. The van der Waals surface area contributed by atoms with Crippen molar-refractivity contribution in [2.45, 2.75) is 32.7 Å². The van der Waals surface area contributed by atoms with Gasteiger partial charge in [-0.3, -0.25) is 30.0 Å². The molecule has 1 heterocycles. The van der Waals surface area contributed by atoms with Crippen LogP contribution in [-0.4, -0.2) is 34.2 Å². The maximum atomic E-state index is 12.8. The third-order valence-corrected chi connectivity index (χ3v) is 5.65. The van der Waals surface area contributed by atoms with Crippen LogP contribution < -0.4 is 21.9 Å². The fourth-order valence-corrected chi connectivity index (χ4v) is 3.76. The minimum Gasteiger partial charge on any atom is -0.370 e. The second kappa shape index (κ2) is 11.3. The third-order valence-electron chi connectivity index (χ3n) is 5.40. The number of amides is 4. The van der Waals surface area contributed by atoms with Gasteiger partial charge >= 0.3 is 0 Å². The van der Waals surface area contributed by atoms with Crippen molar-refractivity contribution in [1.29, 1.82) is 0 Å². The third kappa shape index (κ3) is 6.48. The van der Waals surface area contributed by atoms with Crippen molar-refractivity contribution in [2.24, 2.45) is 5.73 Å². The first-order valence-corrected chi connectivity index (χ1v) is 11.2. The average Bonchev–Trinajstić information content (AvgIpc) is 3.14. The summed E-state index contributed by atoms with van der Waals surface area (Å²) in [5.74, 6) is -2.38. The molecule has 0 aliphatic rings. The van der Waals surface area contributed by atoms with Crippen molar-refractivity contribution < 1.29 is 19.2 Å². The summed E-state index contributed by atoms with van der Waals surface area (Å²) < 4.78 is 1.93. The van der Waals surface area contributed by atoms with Gasteiger partial charge in [-0.25, -0.2) is 0 Å². The van der Waals surface area contributed by atoms with Crippen LogP contribution in [0.15, 0.2) is 60.7 Å². The molecule has 0 radical (unpaired) electrons. The Morgan fingerprint density at radius 2 is 1.60 bits per heavy atom. The number of aryl methyl sites for hydroxylation is 1. The molecule has 1 atom stereocenters.